The minimum atomic E-state index is -0.802. The highest BCUT2D eigenvalue weighted by atomic mass is 19.1. The highest BCUT2D eigenvalue weighted by Gasteiger charge is 2.25. The second-order valence-electron chi connectivity index (χ2n) is 8.91. The number of hydrogen-bond donors (Lipinski definition) is 1. The van der Waals surface area contributed by atoms with E-state index in [1.54, 1.807) is 6.07 Å². The molecule has 1 N–H and O–H groups in total. The number of ether oxygens (including phenoxy) is 2. The molecule has 174 valence electrons. The molecule has 2 fully saturated rings. The summed E-state index contributed by atoms with van der Waals surface area (Å²) in [4.78, 5) is 14.8. The summed E-state index contributed by atoms with van der Waals surface area (Å²) in [6.45, 7) is 2.52. The topological polar surface area (TPSA) is 68.7 Å². The third-order valence-corrected chi connectivity index (χ3v) is 6.10. The summed E-state index contributed by atoms with van der Waals surface area (Å²) < 4.78 is 25.3. The van der Waals surface area contributed by atoms with Gasteiger partial charge in [-0.25, -0.2) is 9.37 Å². The maximum Gasteiger partial charge on any atom is 0.303 e. The normalized spacial score (nSPS) is 20.5. The molecule has 0 radical (unpaired) electrons. The van der Waals surface area contributed by atoms with Gasteiger partial charge in [0.25, 0.3) is 0 Å². The molecule has 4 rings (SSSR count). The summed E-state index contributed by atoms with van der Waals surface area (Å²) in [5.74, 6) is 0.706. The van der Waals surface area contributed by atoms with Crippen LogP contribution in [0.4, 0.5) is 4.39 Å². The average Bonchev–Trinajstić information content (AvgIpc) is 3.68. The van der Waals surface area contributed by atoms with Crippen molar-refractivity contribution in [1.29, 1.82) is 0 Å². The van der Waals surface area contributed by atoms with E-state index in [0.29, 0.717) is 24.0 Å². The number of methoxy groups -OCH3 is 1. The van der Waals surface area contributed by atoms with Gasteiger partial charge in [0.2, 0.25) is 5.88 Å². The van der Waals surface area contributed by atoms with E-state index in [2.05, 4.69) is 4.98 Å². The lowest BCUT2D eigenvalue weighted by atomic mass is 9.79. The first-order valence-electron chi connectivity index (χ1n) is 11.6. The van der Waals surface area contributed by atoms with Gasteiger partial charge in [-0.2, -0.15) is 0 Å². The highest BCUT2D eigenvalue weighted by Crippen LogP contribution is 2.38. The maximum atomic E-state index is 14.2. The van der Waals surface area contributed by atoms with Crippen LogP contribution in [0, 0.1) is 11.7 Å². The van der Waals surface area contributed by atoms with Gasteiger partial charge in [-0.05, 0) is 66.7 Å². The third-order valence-electron chi connectivity index (χ3n) is 6.10. The van der Waals surface area contributed by atoms with E-state index in [1.165, 1.54) is 32.6 Å². The van der Waals surface area contributed by atoms with Crippen LogP contribution in [-0.4, -0.2) is 29.8 Å². The summed E-state index contributed by atoms with van der Waals surface area (Å²) in [5.41, 5.74) is 1.66. The molecule has 32 heavy (non-hydrogen) atoms. The van der Waals surface area contributed by atoms with Crippen molar-refractivity contribution in [1.82, 2.24) is 4.98 Å². The second kappa shape index (κ2) is 11.8. The smallest absolute Gasteiger partial charge is 0.303 e. The largest absolute Gasteiger partial charge is 0.493 e. The number of benzene rings is 1. The molecule has 6 heteroatoms. The summed E-state index contributed by atoms with van der Waals surface area (Å²) >= 11 is 0. The van der Waals surface area contributed by atoms with Gasteiger partial charge in [-0.3, -0.25) is 4.79 Å². The van der Waals surface area contributed by atoms with Crippen LogP contribution in [0.5, 0.6) is 11.6 Å². The van der Waals surface area contributed by atoms with Gasteiger partial charge in [-0.1, -0.05) is 38.3 Å². The zero-order chi connectivity index (χ0) is 22.9. The van der Waals surface area contributed by atoms with Gasteiger partial charge in [0.15, 0.2) is 0 Å². The van der Waals surface area contributed by atoms with Gasteiger partial charge in [-0.15, -0.1) is 0 Å². The van der Waals surface area contributed by atoms with Crippen molar-refractivity contribution < 1.29 is 23.8 Å². The highest BCUT2D eigenvalue weighted by molar-refractivity contribution is 5.68. The van der Waals surface area contributed by atoms with Crippen LogP contribution >= 0.6 is 0 Å². The standard InChI is InChI=1S/C23H28FNO4.C3H6/c1-15(10-23(26)27)18-4-3-5-19(11-18)29-14-16-6-8-17(9-7-16)20-12-22(28-2)25-13-21(20)24;1-2-3-1/h3-5,11-13,15-17H,6-10,14H2,1-2H3,(H,26,27);1-3H2. The number of carbonyl (C=O) groups is 1. The predicted molar refractivity (Wildman–Crippen MR) is 122 cm³/mol. The number of nitrogens with zero attached hydrogens (tertiary/aromatic N) is 1. The summed E-state index contributed by atoms with van der Waals surface area (Å²) in [5, 5.41) is 8.97. The molecule has 0 saturated heterocycles. The van der Waals surface area contributed by atoms with Crippen LogP contribution < -0.4 is 9.47 Å². The van der Waals surface area contributed by atoms with Crippen molar-refractivity contribution in [3.63, 3.8) is 0 Å². The third kappa shape index (κ3) is 7.50. The van der Waals surface area contributed by atoms with Crippen LogP contribution in [0.3, 0.4) is 0 Å². The van der Waals surface area contributed by atoms with E-state index in [0.717, 1.165) is 37.0 Å². The van der Waals surface area contributed by atoms with E-state index in [1.807, 2.05) is 31.2 Å². The van der Waals surface area contributed by atoms with E-state index in [-0.39, 0.29) is 24.1 Å². The fraction of sp³-hybridized carbons (Fsp3) is 0.538. The molecule has 0 bridgehead atoms. The van der Waals surface area contributed by atoms with Crippen molar-refractivity contribution >= 4 is 5.97 Å². The Bertz CT molecular complexity index is 875. The van der Waals surface area contributed by atoms with Gasteiger partial charge in [0, 0.05) is 6.07 Å². The Hall–Kier alpha value is -2.63. The Labute approximate surface area is 190 Å². The van der Waals surface area contributed by atoms with Crippen LogP contribution in [0.1, 0.15) is 81.3 Å². The van der Waals surface area contributed by atoms with E-state index in [9.17, 15) is 9.18 Å². The van der Waals surface area contributed by atoms with Crippen molar-refractivity contribution in [2.45, 2.75) is 70.1 Å². The molecule has 1 aromatic carbocycles. The first kappa shape index (κ1) is 24.0. The molecule has 1 atom stereocenters. The summed E-state index contributed by atoms with van der Waals surface area (Å²) in [7, 11) is 1.54. The van der Waals surface area contributed by atoms with Gasteiger partial charge < -0.3 is 14.6 Å². The number of rotatable bonds is 8. The molecule has 5 nitrogen and oxygen atoms in total. The Morgan fingerprint density at radius 2 is 1.91 bits per heavy atom. The van der Waals surface area contributed by atoms with Crippen LogP contribution in [0.15, 0.2) is 36.5 Å². The van der Waals surface area contributed by atoms with Gasteiger partial charge in [0.05, 0.1) is 26.3 Å². The molecule has 2 aliphatic carbocycles. The number of carboxylic acid groups (broad SMARTS) is 1. The van der Waals surface area contributed by atoms with Crippen LogP contribution in [0.25, 0.3) is 0 Å². The molecule has 2 aromatic rings. The first-order valence-corrected chi connectivity index (χ1v) is 11.6. The minimum Gasteiger partial charge on any atom is -0.493 e. The lowest BCUT2D eigenvalue weighted by Crippen LogP contribution is -2.20. The molecule has 0 spiro atoms. The monoisotopic (exact) mass is 443 g/mol. The molecular formula is C26H34FNO4. The van der Waals surface area contributed by atoms with E-state index < -0.39 is 5.97 Å². The first-order chi connectivity index (χ1) is 15.5. The average molecular weight is 444 g/mol. The number of pyridine rings is 1. The fourth-order valence-electron chi connectivity index (χ4n) is 4.00. The Kier molecular flexibility index (Phi) is 8.89. The minimum absolute atomic E-state index is 0.0567. The van der Waals surface area contributed by atoms with Crippen LogP contribution in [-0.2, 0) is 4.79 Å². The predicted octanol–water partition coefficient (Wildman–Crippen LogP) is 6.33. The zero-order valence-corrected chi connectivity index (χ0v) is 19.1. The second-order valence-corrected chi connectivity index (χ2v) is 8.91. The Morgan fingerprint density at radius 1 is 1.19 bits per heavy atom. The molecule has 1 heterocycles. The van der Waals surface area contributed by atoms with E-state index in [4.69, 9.17) is 14.6 Å². The maximum absolute atomic E-state index is 14.2. The number of halogens is 1. The summed E-state index contributed by atoms with van der Waals surface area (Å²) in [6, 6.07) is 9.38. The molecule has 2 aliphatic rings. The molecule has 0 amide bonds. The molecule has 1 unspecified atom stereocenters. The molecular weight excluding hydrogens is 409 g/mol. The Morgan fingerprint density at radius 3 is 2.53 bits per heavy atom. The number of hydrogen-bond acceptors (Lipinski definition) is 4. The zero-order valence-electron chi connectivity index (χ0n) is 19.1. The number of carboxylic acids is 1. The fourth-order valence-corrected chi connectivity index (χ4v) is 4.00. The van der Waals surface area contributed by atoms with Crippen molar-refractivity contribution in [2.75, 3.05) is 13.7 Å². The quantitative estimate of drug-likeness (QED) is 0.516. The van der Waals surface area contributed by atoms with E-state index >= 15 is 0 Å². The molecule has 1 aromatic heterocycles. The Balaban J connectivity index is 0.000000887. The van der Waals surface area contributed by atoms with Gasteiger partial charge in [0.1, 0.15) is 11.6 Å². The van der Waals surface area contributed by atoms with Crippen LogP contribution in [0.2, 0.25) is 0 Å². The van der Waals surface area contributed by atoms with Gasteiger partial charge >= 0.3 is 5.97 Å². The lowest BCUT2D eigenvalue weighted by Gasteiger charge is -2.29. The van der Waals surface area contributed by atoms with Crippen molar-refractivity contribution in [3.05, 3.63) is 53.5 Å². The summed E-state index contributed by atoms with van der Waals surface area (Å²) in [6.07, 6.45) is 9.61. The lowest BCUT2D eigenvalue weighted by molar-refractivity contribution is -0.137. The number of aromatic nitrogens is 1. The molecule has 0 aliphatic heterocycles. The SMILES string of the molecule is C1CC1.COc1cc(C2CCC(COc3cccc(C(C)CC(=O)O)c3)CC2)c(F)cn1. The van der Waals surface area contributed by atoms with Crippen molar-refractivity contribution in [3.8, 4) is 11.6 Å². The number of aliphatic carboxylic acids is 1. The van der Waals surface area contributed by atoms with Crippen molar-refractivity contribution in [2.24, 2.45) is 5.92 Å². The molecule has 2 saturated carbocycles.